The minimum Gasteiger partial charge on any atom is -0.404 e. The average molecular weight is 526 g/mol. The van der Waals surface area contributed by atoms with E-state index in [9.17, 15) is 26.4 Å². The molecule has 180 valence electrons. The molecule has 1 fully saturated rings. The summed E-state index contributed by atoms with van der Waals surface area (Å²) in [6.45, 7) is 2.62. The second kappa shape index (κ2) is 10.8. The van der Waals surface area contributed by atoms with Crippen molar-refractivity contribution in [3.8, 4) is 5.75 Å². The average Bonchev–Trinajstić information content (AvgIpc) is 2.74. The van der Waals surface area contributed by atoms with Gasteiger partial charge in [0.25, 0.3) is 5.91 Å². The van der Waals surface area contributed by atoms with E-state index in [4.69, 9.17) is 23.2 Å². The molecule has 0 unspecified atom stereocenters. The Morgan fingerprint density at radius 3 is 2.42 bits per heavy atom. The second-order valence-electron chi connectivity index (χ2n) is 7.22. The Labute approximate surface area is 200 Å². The first-order valence-electron chi connectivity index (χ1n) is 9.79. The molecule has 1 N–H and O–H groups in total. The zero-order chi connectivity index (χ0) is 24.2. The van der Waals surface area contributed by atoms with Gasteiger partial charge in [0.05, 0.1) is 15.7 Å². The number of anilines is 1. The number of thiol groups is 1. The van der Waals surface area contributed by atoms with Crippen LogP contribution in [0.4, 0.5) is 18.9 Å². The van der Waals surface area contributed by atoms with Gasteiger partial charge in [-0.05, 0) is 36.2 Å². The van der Waals surface area contributed by atoms with E-state index in [0.29, 0.717) is 49.2 Å². The summed E-state index contributed by atoms with van der Waals surface area (Å²) in [5.41, 5.74) is 0.470. The van der Waals surface area contributed by atoms with Crippen molar-refractivity contribution < 1.29 is 31.1 Å². The maximum absolute atomic E-state index is 12.8. The molecular weight excluding hydrogens is 506 g/mol. The topological polar surface area (TPSA) is 78.9 Å². The molecule has 0 radical (unpaired) electrons. The SMILES string of the molecule is O=C(c1ccc(N[SH](=O)=O)c(OC(F)(F)F)c1)N1CCN(CCc2cccc(Cl)c2Cl)CC1. The molecule has 0 aliphatic carbocycles. The first-order chi connectivity index (χ1) is 15.5. The highest BCUT2D eigenvalue weighted by atomic mass is 35.5. The van der Waals surface area contributed by atoms with Gasteiger partial charge in [-0.2, -0.15) is 0 Å². The van der Waals surface area contributed by atoms with Crippen LogP contribution in [0.2, 0.25) is 10.0 Å². The van der Waals surface area contributed by atoms with E-state index in [1.807, 2.05) is 16.9 Å². The van der Waals surface area contributed by atoms with Gasteiger partial charge in [0, 0.05) is 38.3 Å². The predicted molar refractivity (Wildman–Crippen MR) is 120 cm³/mol. The Kier molecular flexibility index (Phi) is 8.33. The normalized spacial score (nSPS) is 15.0. The highest BCUT2D eigenvalue weighted by molar-refractivity contribution is 7.73. The fourth-order valence-electron chi connectivity index (χ4n) is 3.43. The number of rotatable bonds is 7. The lowest BCUT2D eigenvalue weighted by Gasteiger charge is -2.35. The van der Waals surface area contributed by atoms with E-state index < -0.39 is 34.6 Å². The fraction of sp³-hybridized carbons (Fsp3) is 0.350. The molecule has 13 heteroatoms. The van der Waals surface area contributed by atoms with Crippen LogP contribution in [-0.2, 0) is 17.3 Å². The Bertz CT molecular complexity index is 1080. The molecule has 1 amide bonds. The maximum atomic E-state index is 12.8. The van der Waals surface area contributed by atoms with Crippen LogP contribution >= 0.6 is 23.2 Å². The molecule has 0 aromatic heterocycles. The summed E-state index contributed by atoms with van der Waals surface area (Å²) in [6.07, 6.45) is -4.37. The fourth-order valence-corrected chi connectivity index (χ4v) is 4.23. The number of piperazine rings is 1. The predicted octanol–water partition coefficient (Wildman–Crippen LogP) is 3.83. The minimum atomic E-state index is -5.05. The summed E-state index contributed by atoms with van der Waals surface area (Å²) >= 11 is 12.2. The van der Waals surface area contributed by atoms with E-state index in [0.717, 1.165) is 17.7 Å². The van der Waals surface area contributed by atoms with Crippen molar-refractivity contribution in [2.45, 2.75) is 12.8 Å². The van der Waals surface area contributed by atoms with E-state index in [1.165, 1.54) is 11.0 Å². The van der Waals surface area contributed by atoms with Crippen molar-refractivity contribution in [2.75, 3.05) is 37.4 Å². The van der Waals surface area contributed by atoms with Crippen LogP contribution in [0.25, 0.3) is 0 Å². The first kappa shape index (κ1) is 25.4. The van der Waals surface area contributed by atoms with E-state index in [-0.39, 0.29) is 5.56 Å². The number of nitrogens with zero attached hydrogens (tertiary/aromatic N) is 2. The molecule has 1 saturated heterocycles. The van der Waals surface area contributed by atoms with Crippen LogP contribution in [0.15, 0.2) is 36.4 Å². The molecule has 3 rings (SSSR count). The smallest absolute Gasteiger partial charge is 0.404 e. The third-order valence-corrected chi connectivity index (χ3v) is 6.34. The summed E-state index contributed by atoms with van der Waals surface area (Å²) in [4.78, 5) is 16.5. The number of benzene rings is 2. The van der Waals surface area contributed by atoms with Gasteiger partial charge in [-0.3, -0.25) is 14.4 Å². The highest BCUT2D eigenvalue weighted by Gasteiger charge is 2.33. The van der Waals surface area contributed by atoms with Gasteiger partial charge in [0.1, 0.15) is 0 Å². The first-order valence-corrected chi connectivity index (χ1v) is 11.7. The van der Waals surface area contributed by atoms with Gasteiger partial charge in [-0.1, -0.05) is 35.3 Å². The molecule has 7 nitrogen and oxygen atoms in total. The van der Waals surface area contributed by atoms with Gasteiger partial charge in [0.2, 0.25) is 10.9 Å². The zero-order valence-electron chi connectivity index (χ0n) is 17.1. The second-order valence-corrected chi connectivity index (χ2v) is 8.75. The van der Waals surface area contributed by atoms with Crippen molar-refractivity contribution >= 4 is 45.7 Å². The largest absolute Gasteiger partial charge is 0.573 e. The van der Waals surface area contributed by atoms with Crippen LogP contribution in [0.5, 0.6) is 5.75 Å². The Morgan fingerprint density at radius 2 is 1.79 bits per heavy atom. The van der Waals surface area contributed by atoms with Gasteiger partial charge in [0.15, 0.2) is 5.75 Å². The van der Waals surface area contributed by atoms with Gasteiger partial charge < -0.3 is 9.64 Å². The molecule has 1 heterocycles. The molecule has 0 spiro atoms. The number of alkyl halides is 3. The van der Waals surface area contributed by atoms with Crippen LogP contribution in [0.3, 0.4) is 0 Å². The quantitative estimate of drug-likeness (QED) is 0.537. The minimum absolute atomic E-state index is 0.0416. The van der Waals surface area contributed by atoms with Gasteiger partial charge in [-0.25, -0.2) is 8.42 Å². The number of ether oxygens (including phenoxy) is 1. The Morgan fingerprint density at radius 1 is 1.09 bits per heavy atom. The summed E-state index contributed by atoms with van der Waals surface area (Å²) in [5, 5.41) is 1.01. The van der Waals surface area contributed by atoms with Crippen molar-refractivity contribution in [3.63, 3.8) is 0 Å². The maximum Gasteiger partial charge on any atom is 0.573 e. The number of hydrogen-bond donors (Lipinski definition) is 2. The van der Waals surface area contributed by atoms with Crippen molar-refractivity contribution in [3.05, 3.63) is 57.6 Å². The molecule has 1 aliphatic rings. The third kappa shape index (κ3) is 7.13. The summed E-state index contributed by atoms with van der Waals surface area (Å²) in [7, 11) is -3.22. The lowest BCUT2D eigenvalue weighted by molar-refractivity contribution is -0.274. The van der Waals surface area contributed by atoms with Gasteiger partial charge in [-0.15, -0.1) is 13.2 Å². The summed E-state index contributed by atoms with van der Waals surface area (Å²) in [5.74, 6) is -1.28. The Hall–Kier alpha value is -2.21. The standard InChI is InChI=1S/C20H20Cl2F3N3O4S/c21-15-3-1-2-13(18(15)22)6-7-27-8-10-28(11-9-27)19(29)14-4-5-16(26-33(30)31)17(12-14)32-20(23,24)25/h1-5,12,33H,6-11H2,(H,26,30,31). The number of hydrogen-bond acceptors (Lipinski definition) is 5. The van der Waals surface area contributed by atoms with Crippen LogP contribution in [0, 0.1) is 0 Å². The van der Waals surface area contributed by atoms with Crippen molar-refractivity contribution in [1.82, 2.24) is 9.80 Å². The van der Waals surface area contributed by atoms with Crippen molar-refractivity contribution in [2.24, 2.45) is 0 Å². The molecule has 0 atom stereocenters. The number of carbonyl (C=O) groups excluding carboxylic acids is 1. The number of carbonyl (C=O) groups is 1. The Balaban J connectivity index is 1.62. The lowest BCUT2D eigenvalue weighted by Crippen LogP contribution is -2.49. The molecule has 2 aromatic carbocycles. The molecular formula is C20H20Cl2F3N3O4S. The lowest BCUT2D eigenvalue weighted by atomic mass is 10.1. The third-order valence-electron chi connectivity index (χ3n) is 5.05. The van der Waals surface area contributed by atoms with Crippen molar-refractivity contribution in [1.29, 1.82) is 0 Å². The van der Waals surface area contributed by atoms with Crippen LogP contribution in [0.1, 0.15) is 15.9 Å². The van der Waals surface area contributed by atoms with Crippen LogP contribution in [-0.4, -0.2) is 63.2 Å². The molecule has 0 bridgehead atoms. The monoisotopic (exact) mass is 525 g/mol. The number of nitrogens with one attached hydrogen (secondary N) is 1. The highest BCUT2D eigenvalue weighted by Crippen LogP contribution is 2.32. The summed E-state index contributed by atoms with van der Waals surface area (Å²) < 4.78 is 65.6. The van der Waals surface area contributed by atoms with E-state index in [2.05, 4.69) is 9.64 Å². The summed E-state index contributed by atoms with van der Waals surface area (Å²) in [6, 6.07) is 8.63. The molecule has 33 heavy (non-hydrogen) atoms. The van der Waals surface area contributed by atoms with E-state index >= 15 is 0 Å². The van der Waals surface area contributed by atoms with Crippen LogP contribution < -0.4 is 9.46 Å². The molecule has 2 aromatic rings. The zero-order valence-corrected chi connectivity index (χ0v) is 19.5. The number of amides is 1. The van der Waals surface area contributed by atoms with E-state index in [1.54, 1.807) is 6.07 Å². The molecule has 1 aliphatic heterocycles. The number of halogens is 5. The molecule has 0 saturated carbocycles. The van der Waals surface area contributed by atoms with Gasteiger partial charge >= 0.3 is 6.36 Å².